The zero-order valence-corrected chi connectivity index (χ0v) is 14.9. The van der Waals surface area contributed by atoms with Crippen LogP contribution in [-0.2, 0) is 17.8 Å². The van der Waals surface area contributed by atoms with Gasteiger partial charge in [0.1, 0.15) is 11.5 Å². The van der Waals surface area contributed by atoms with Gasteiger partial charge in [-0.2, -0.15) is 5.10 Å². The Bertz CT molecular complexity index is 819. The number of aromatic nitrogens is 2. The van der Waals surface area contributed by atoms with E-state index in [1.807, 2.05) is 0 Å². The normalized spacial score (nSPS) is 13.7. The van der Waals surface area contributed by atoms with E-state index in [0.717, 1.165) is 0 Å². The average molecular weight is 381 g/mol. The van der Waals surface area contributed by atoms with Crippen molar-refractivity contribution in [2.75, 3.05) is 26.8 Å². The molecule has 7 nitrogen and oxygen atoms in total. The van der Waals surface area contributed by atoms with E-state index in [9.17, 15) is 14.0 Å². The van der Waals surface area contributed by atoms with Gasteiger partial charge in [-0.25, -0.2) is 4.39 Å². The Balaban J connectivity index is 1.75. The molecule has 1 aromatic heterocycles. The molecule has 0 fully saturated rings. The van der Waals surface area contributed by atoms with Gasteiger partial charge in [0.2, 0.25) is 0 Å². The van der Waals surface area contributed by atoms with Gasteiger partial charge in [-0.15, -0.1) is 0 Å². The summed E-state index contributed by atoms with van der Waals surface area (Å²) in [6.07, 6.45) is 0. The first-order valence-corrected chi connectivity index (χ1v) is 8.46. The zero-order chi connectivity index (χ0) is 18.7. The number of fused-ring (bicyclic) bond motifs is 1. The smallest absolute Gasteiger partial charge is 0.272 e. The number of carbonyl (C=O) groups excluding carboxylic acids is 2. The number of rotatable bonds is 6. The third-order valence-corrected chi connectivity index (χ3v) is 4.46. The molecular formula is C17H18ClFN4O3. The summed E-state index contributed by atoms with van der Waals surface area (Å²) in [7, 11) is 1.54. The van der Waals surface area contributed by atoms with Gasteiger partial charge >= 0.3 is 0 Å². The summed E-state index contributed by atoms with van der Waals surface area (Å²) in [5.74, 6) is -1.15. The number of methoxy groups -OCH3 is 1. The predicted molar refractivity (Wildman–Crippen MR) is 92.6 cm³/mol. The highest BCUT2D eigenvalue weighted by atomic mass is 35.5. The van der Waals surface area contributed by atoms with E-state index in [4.69, 9.17) is 16.3 Å². The zero-order valence-electron chi connectivity index (χ0n) is 14.2. The van der Waals surface area contributed by atoms with Gasteiger partial charge < -0.3 is 15.0 Å². The minimum atomic E-state index is -0.456. The summed E-state index contributed by atoms with van der Waals surface area (Å²) < 4.78 is 20.3. The first-order chi connectivity index (χ1) is 12.5. The lowest BCUT2D eigenvalue weighted by molar-refractivity contribution is 0.0681. The second-order valence-corrected chi connectivity index (χ2v) is 6.22. The van der Waals surface area contributed by atoms with Crippen LogP contribution in [-0.4, -0.2) is 53.3 Å². The fraction of sp³-hybridized carbons (Fsp3) is 0.353. The molecule has 26 heavy (non-hydrogen) atoms. The Labute approximate surface area is 154 Å². The number of benzene rings is 1. The molecule has 3 rings (SSSR count). The maximum atomic E-state index is 14.0. The quantitative estimate of drug-likeness (QED) is 0.774. The van der Waals surface area contributed by atoms with E-state index in [0.29, 0.717) is 31.9 Å². The Kier molecular flexibility index (Phi) is 5.53. The number of halogens is 2. The lowest BCUT2D eigenvalue weighted by Gasteiger charge is -2.27. The van der Waals surface area contributed by atoms with Crippen LogP contribution in [0.4, 0.5) is 4.39 Å². The second kappa shape index (κ2) is 7.84. The van der Waals surface area contributed by atoms with Crippen molar-refractivity contribution in [2.24, 2.45) is 0 Å². The fourth-order valence-corrected chi connectivity index (χ4v) is 2.95. The molecule has 2 amide bonds. The van der Waals surface area contributed by atoms with Crippen LogP contribution >= 0.6 is 11.6 Å². The maximum Gasteiger partial charge on any atom is 0.272 e. The SMILES string of the molecule is COCCNC(=O)c1cc2n(n1)CCN(Cc1c(F)cccc1Cl)C2=O. The van der Waals surface area contributed by atoms with Gasteiger partial charge in [-0.3, -0.25) is 14.3 Å². The Morgan fingerprint density at radius 2 is 2.23 bits per heavy atom. The molecule has 0 spiro atoms. The van der Waals surface area contributed by atoms with Crippen molar-refractivity contribution in [3.05, 3.63) is 52.1 Å². The molecule has 0 aliphatic carbocycles. The van der Waals surface area contributed by atoms with Crippen molar-refractivity contribution in [3.8, 4) is 0 Å². The van der Waals surface area contributed by atoms with E-state index < -0.39 is 5.82 Å². The number of carbonyl (C=O) groups is 2. The van der Waals surface area contributed by atoms with Gasteiger partial charge in [0.25, 0.3) is 11.8 Å². The summed E-state index contributed by atoms with van der Waals surface area (Å²) in [5.41, 5.74) is 0.726. The predicted octanol–water partition coefficient (Wildman–Crippen LogP) is 1.71. The minimum absolute atomic E-state index is 0.0604. The molecular weight excluding hydrogens is 363 g/mol. The van der Waals surface area contributed by atoms with Gasteiger partial charge in [0, 0.05) is 36.9 Å². The second-order valence-electron chi connectivity index (χ2n) is 5.81. The van der Waals surface area contributed by atoms with E-state index in [1.165, 1.54) is 34.9 Å². The molecule has 0 bridgehead atoms. The summed E-state index contributed by atoms with van der Waals surface area (Å²) in [4.78, 5) is 26.3. The first-order valence-electron chi connectivity index (χ1n) is 8.08. The lowest BCUT2D eigenvalue weighted by atomic mass is 10.1. The Morgan fingerprint density at radius 1 is 1.42 bits per heavy atom. The van der Waals surface area contributed by atoms with E-state index >= 15 is 0 Å². The average Bonchev–Trinajstić information content (AvgIpc) is 3.05. The number of nitrogens with zero attached hydrogens (tertiary/aromatic N) is 3. The summed E-state index contributed by atoms with van der Waals surface area (Å²) in [5, 5.41) is 7.10. The number of hydrogen-bond acceptors (Lipinski definition) is 4. The van der Waals surface area contributed by atoms with Crippen molar-refractivity contribution in [2.45, 2.75) is 13.1 Å². The van der Waals surface area contributed by atoms with Crippen LogP contribution < -0.4 is 5.32 Å². The molecule has 2 heterocycles. The third-order valence-electron chi connectivity index (χ3n) is 4.10. The van der Waals surface area contributed by atoms with Crippen LogP contribution in [0.5, 0.6) is 0 Å². The fourth-order valence-electron chi connectivity index (χ4n) is 2.73. The summed E-state index contributed by atoms with van der Waals surface area (Å²) in [6.45, 7) is 1.56. The topological polar surface area (TPSA) is 76.5 Å². The van der Waals surface area contributed by atoms with Gasteiger partial charge in [-0.05, 0) is 12.1 Å². The molecule has 2 aromatic rings. The molecule has 9 heteroatoms. The number of amides is 2. The molecule has 1 aliphatic heterocycles. The van der Waals surface area contributed by atoms with Crippen molar-refractivity contribution in [3.63, 3.8) is 0 Å². The molecule has 1 aliphatic rings. The van der Waals surface area contributed by atoms with Crippen LogP contribution in [0.15, 0.2) is 24.3 Å². The van der Waals surface area contributed by atoms with Gasteiger partial charge in [0.15, 0.2) is 5.69 Å². The van der Waals surface area contributed by atoms with Crippen molar-refractivity contribution < 1.29 is 18.7 Å². The standard InChI is InChI=1S/C17H18ClFN4O3/c1-26-8-5-20-16(24)14-9-15-17(25)22(6-7-23(15)21-14)10-11-12(18)3-2-4-13(11)19/h2-4,9H,5-8,10H2,1H3,(H,20,24). The Hall–Kier alpha value is -2.45. The lowest BCUT2D eigenvalue weighted by Crippen LogP contribution is -2.40. The molecule has 1 aromatic carbocycles. The van der Waals surface area contributed by atoms with Crippen LogP contribution in [0.2, 0.25) is 5.02 Å². The van der Waals surface area contributed by atoms with Crippen molar-refractivity contribution >= 4 is 23.4 Å². The van der Waals surface area contributed by atoms with Crippen molar-refractivity contribution in [1.82, 2.24) is 20.0 Å². The van der Waals surface area contributed by atoms with Crippen LogP contribution in [0.25, 0.3) is 0 Å². The molecule has 0 radical (unpaired) electrons. The van der Waals surface area contributed by atoms with Crippen LogP contribution in [0.1, 0.15) is 26.5 Å². The molecule has 138 valence electrons. The van der Waals surface area contributed by atoms with Gasteiger partial charge in [0.05, 0.1) is 19.7 Å². The molecule has 1 N–H and O–H groups in total. The van der Waals surface area contributed by atoms with E-state index in [1.54, 1.807) is 6.07 Å². The summed E-state index contributed by atoms with van der Waals surface area (Å²) >= 11 is 6.04. The minimum Gasteiger partial charge on any atom is -0.383 e. The maximum absolute atomic E-state index is 14.0. The number of nitrogens with one attached hydrogen (secondary N) is 1. The highest BCUT2D eigenvalue weighted by molar-refractivity contribution is 6.31. The molecule has 0 unspecified atom stereocenters. The van der Waals surface area contributed by atoms with E-state index in [-0.39, 0.29) is 34.6 Å². The van der Waals surface area contributed by atoms with Crippen molar-refractivity contribution in [1.29, 1.82) is 0 Å². The molecule has 0 saturated heterocycles. The van der Waals surface area contributed by atoms with Crippen LogP contribution in [0.3, 0.4) is 0 Å². The highest BCUT2D eigenvalue weighted by Gasteiger charge is 2.28. The van der Waals surface area contributed by atoms with E-state index in [2.05, 4.69) is 10.4 Å². The van der Waals surface area contributed by atoms with Gasteiger partial charge in [-0.1, -0.05) is 17.7 Å². The number of hydrogen-bond donors (Lipinski definition) is 1. The van der Waals surface area contributed by atoms with Crippen LogP contribution in [0, 0.1) is 5.82 Å². The Morgan fingerprint density at radius 3 is 2.96 bits per heavy atom. The third kappa shape index (κ3) is 3.71. The first kappa shape index (κ1) is 18.3. The monoisotopic (exact) mass is 380 g/mol. The summed E-state index contributed by atoms with van der Waals surface area (Å²) in [6, 6.07) is 5.85. The number of ether oxygens (including phenoxy) is 1. The highest BCUT2D eigenvalue weighted by Crippen LogP contribution is 2.23. The molecule has 0 saturated carbocycles. The largest absolute Gasteiger partial charge is 0.383 e. The molecule has 0 atom stereocenters.